The molecule has 0 aliphatic carbocycles. The van der Waals surface area contributed by atoms with E-state index < -0.39 is 29.2 Å². The normalized spacial score (nSPS) is 33.8. The lowest BCUT2D eigenvalue weighted by Gasteiger charge is -2.35. The summed E-state index contributed by atoms with van der Waals surface area (Å²) in [5.41, 5.74) is -1.74. The number of nitrogens with zero attached hydrogens (tertiary/aromatic N) is 1. The Morgan fingerprint density at radius 3 is 2.60 bits per heavy atom. The van der Waals surface area contributed by atoms with Gasteiger partial charge >= 0.3 is 5.69 Å². The largest absolute Gasteiger partial charge is 0.348 e. The van der Waals surface area contributed by atoms with Gasteiger partial charge in [-0.1, -0.05) is 27.7 Å². The summed E-state index contributed by atoms with van der Waals surface area (Å²) in [5, 5.41) is 0. The summed E-state index contributed by atoms with van der Waals surface area (Å²) in [6.07, 6.45) is -0.324. The van der Waals surface area contributed by atoms with Crippen LogP contribution in [0.15, 0.2) is 21.9 Å². The van der Waals surface area contributed by atoms with E-state index in [0.29, 0.717) is 6.42 Å². The second-order valence-electron chi connectivity index (χ2n) is 5.72. The SMILES string of the molecule is CC[C@@]1(C(C)C)O[C@@H](n2ccc(=O)[nH]c2=O)[C@H](F)[C@@H]1C. The minimum atomic E-state index is -1.29. The van der Waals surface area contributed by atoms with Gasteiger partial charge in [0.1, 0.15) is 0 Å². The second kappa shape index (κ2) is 5.16. The first-order valence-corrected chi connectivity index (χ1v) is 6.97. The van der Waals surface area contributed by atoms with Crippen molar-refractivity contribution in [2.45, 2.75) is 52.1 Å². The van der Waals surface area contributed by atoms with Crippen LogP contribution in [0.3, 0.4) is 0 Å². The number of aromatic amines is 1. The van der Waals surface area contributed by atoms with Crippen LogP contribution in [0.25, 0.3) is 0 Å². The number of hydrogen-bond donors (Lipinski definition) is 1. The van der Waals surface area contributed by atoms with Crippen molar-refractivity contribution in [2.24, 2.45) is 11.8 Å². The zero-order valence-corrected chi connectivity index (χ0v) is 12.2. The molecule has 1 aromatic heterocycles. The van der Waals surface area contributed by atoms with E-state index in [1.807, 2.05) is 27.7 Å². The summed E-state index contributed by atoms with van der Waals surface area (Å²) >= 11 is 0. The molecule has 0 spiro atoms. The standard InChI is InChI=1S/C14H21FN2O3/c1-5-14(8(2)3)9(4)11(15)12(20-14)17-7-6-10(18)16-13(17)19/h6-9,11-12H,5H2,1-4H3,(H,16,18,19)/t9-,11+,12+,14-/m0/s1. The number of aromatic nitrogens is 2. The summed E-state index contributed by atoms with van der Waals surface area (Å²) < 4.78 is 21.7. The molecule has 5 nitrogen and oxygen atoms in total. The van der Waals surface area contributed by atoms with Gasteiger partial charge < -0.3 is 4.74 Å². The van der Waals surface area contributed by atoms with Crippen molar-refractivity contribution in [1.82, 2.24) is 9.55 Å². The molecule has 6 heteroatoms. The number of alkyl halides is 1. The van der Waals surface area contributed by atoms with Gasteiger partial charge in [-0.2, -0.15) is 0 Å². The average molecular weight is 284 g/mol. The molecule has 1 saturated heterocycles. The zero-order valence-electron chi connectivity index (χ0n) is 12.2. The highest BCUT2D eigenvalue weighted by Crippen LogP contribution is 2.48. The van der Waals surface area contributed by atoms with Crippen molar-refractivity contribution in [3.63, 3.8) is 0 Å². The molecule has 1 aliphatic heterocycles. The van der Waals surface area contributed by atoms with Crippen LogP contribution < -0.4 is 11.2 Å². The molecule has 2 rings (SSSR count). The van der Waals surface area contributed by atoms with Gasteiger partial charge in [0.05, 0.1) is 5.60 Å². The Morgan fingerprint density at radius 1 is 1.50 bits per heavy atom. The summed E-state index contributed by atoms with van der Waals surface area (Å²) in [6, 6.07) is 1.20. The summed E-state index contributed by atoms with van der Waals surface area (Å²) in [5.74, 6) is -0.194. The first-order chi connectivity index (χ1) is 9.33. The van der Waals surface area contributed by atoms with Crippen LogP contribution in [0.5, 0.6) is 0 Å². The fraction of sp³-hybridized carbons (Fsp3) is 0.714. The monoisotopic (exact) mass is 284 g/mol. The van der Waals surface area contributed by atoms with Gasteiger partial charge in [0, 0.05) is 18.2 Å². The van der Waals surface area contributed by atoms with Crippen molar-refractivity contribution in [1.29, 1.82) is 0 Å². The van der Waals surface area contributed by atoms with E-state index >= 15 is 0 Å². The maximum absolute atomic E-state index is 14.6. The first-order valence-electron chi connectivity index (χ1n) is 6.97. The molecule has 20 heavy (non-hydrogen) atoms. The molecule has 0 aromatic carbocycles. The van der Waals surface area contributed by atoms with Crippen molar-refractivity contribution < 1.29 is 9.13 Å². The number of ether oxygens (including phenoxy) is 1. The van der Waals surface area contributed by atoms with Crippen molar-refractivity contribution in [3.05, 3.63) is 33.1 Å². The third-order valence-corrected chi connectivity index (χ3v) is 4.52. The molecule has 0 unspecified atom stereocenters. The Hall–Kier alpha value is -1.43. The summed E-state index contributed by atoms with van der Waals surface area (Å²) in [6.45, 7) is 7.75. The van der Waals surface area contributed by atoms with Crippen LogP contribution in [-0.4, -0.2) is 21.3 Å². The molecule has 2 heterocycles. The van der Waals surface area contributed by atoms with Gasteiger partial charge in [0.25, 0.3) is 5.56 Å². The quantitative estimate of drug-likeness (QED) is 0.921. The van der Waals surface area contributed by atoms with Gasteiger partial charge in [-0.15, -0.1) is 0 Å². The molecule has 0 amide bonds. The summed E-state index contributed by atoms with van der Waals surface area (Å²) in [4.78, 5) is 25.0. The highest BCUT2D eigenvalue weighted by molar-refractivity contribution is 5.01. The van der Waals surface area contributed by atoms with Gasteiger partial charge in [0.15, 0.2) is 12.4 Å². The molecule has 1 aromatic rings. The summed E-state index contributed by atoms with van der Waals surface area (Å²) in [7, 11) is 0. The number of rotatable bonds is 3. The van der Waals surface area contributed by atoms with Crippen molar-refractivity contribution in [2.75, 3.05) is 0 Å². The number of hydrogen-bond acceptors (Lipinski definition) is 3. The molecular formula is C14H21FN2O3. The third kappa shape index (κ3) is 2.12. The lowest BCUT2D eigenvalue weighted by atomic mass is 9.77. The van der Waals surface area contributed by atoms with Gasteiger partial charge in [-0.3, -0.25) is 14.3 Å². The van der Waals surface area contributed by atoms with Crippen LogP contribution in [0.2, 0.25) is 0 Å². The van der Waals surface area contributed by atoms with Crippen LogP contribution >= 0.6 is 0 Å². The molecule has 1 N–H and O–H groups in total. The maximum atomic E-state index is 14.6. The minimum Gasteiger partial charge on any atom is -0.348 e. The number of H-pyrrole nitrogens is 1. The Morgan fingerprint density at radius 2 is 2.15 bits per heavy atom. The van der Waals surface area contributed by atoms with Gasteiger partial charge in [-0.05, 0) is 12.3 Å². The molecule has 1 aliphatic rings. The fourth-order valence-electron chi connectivity index (χ4n) is 3.23. The number of halogens is 1. The Labute approximate surface area is 116 Å². The minimum absolute atomic E-state index is 0.129. The third-order valence-electron chi connectivity index (χ3n) is 4.52. The molecular weight excluding hydrogens is 263 g/mol. The number of nitrogens with one attached hydrogen (secondary N) is 1. The lowest BCUT2D eigenvalue weighted by Crippen LogP contribution is -2.40. The van der Waals surface area contributed by atoms with E-state index in [-0.39, 0.29) is 11.8 Å². The fourth-order valence-corrected chi connectivity index (χ4v) is 3.23. The molecule has 1 fully saturated rings. The van der Waals surface area contributed by atoms with Crippen LogP contribution in [0.4, 0.5) is 4.39 Å². The topological polar surface area (TPSA) is 64.1 Å². The highest BCUT2D eigenvalue weighted by Gasteiger charge is 2.54. The van der Waals surface area contributed by atoms with E-state index in [0.717, 1.165) is 4.57 Å². The smallest absolute Gasteiger partial charge is 0.330 e. The molecule has 112 valence electrons. The molecule has 0 radical (unpaired) electrons. The maximum Gasteiger partial charge on any atom is 0.330 e. The highest BCUT2D eigenvalue weighted by atomic mass is 19.1. The van der Waals surface area contributed by atoms with E-state index in [2.05, 4.69) is 4.98 Å². The van der Waals surface area contributed by atoms with Gasteiger partial charge in [0.2, 0.25) is 0 Å². The average Bonchev–Trinajstić information content (AvgIpc) is 2.64. The van der Waals surface area contributed by atoms with E-state index in [1.165, 1.54) is 12.3 Å². The predicted molar refractivity (Wildman–Crippen MR) is 73.4 cm³/mol. The van der Waals surface area contributed by atoms with E-state index in [9.17, 15) is 14.0 Å². The van der Waals surface area contributed by atoms with Crippen LogP contribution in [0.1, 0.15) is 40.3 Å². The molecule has 0 saturated carbocycles. The molecule has 0 bridgehead atoms. The first kappa shape index (κ1) is 15.0. The molecule has 4 atom stereocenters. The Kier molecular flexibility index (Phi) is 3.86. The van der Waals surface area contributed by atoms with E-state index in [1.54, 1.807) is 0 Å². The second-order valence-corrected chi connectivity index (χ2v) is 5.72. The Balaban J connectivity index is 2.45. The Bertz CT molecular complexity index is 595. The van der Waals surface area contributed by atoms with E-state index in [4.69, 9.17) is 4.74 Å². The lowest BCUT2D eigenvalue weighted by molar-refractivity contribution is -0.117. The zero-order chi connectivity index (χ0) is 15.1. The van der Waals surface area contributed by atoms with Crippen molar-refractivity contribution >= 4 is 0 Å². The van der Waals surface area contributed by atoms with Gasteiger partial charge in [-0.25, -0.2) is 9.18 Å². The predicted octanol–water partition coefficient (Wildman–Crippen LogP) is 1.84. The van der Waals surface area contributed by atoms with Crippen LogP contribution in [0, 0.1) is 11.8 Å². The van der Waals surface area contributed by atoms with Crippen molar-refractivity contribution in [3.8, 4) is 0 Å². The van der Waals surface area contributed by atoms with Crippen LogP contribution in [-0.2, 0) is 4.74 Å².